The third kappa shape index (κ3) is 4.29. The number of thiazole rings is 1. The van der Waals surface area contributed by atoms with Gasteiger partial charge in [0.05, 0.1) is 11.4 Å². The summed E-state index contributed by atoms with van der Waals surface area (Å²) in [4.78, 5) is 30.3. The first kappa shape index (κ1) is 21.8. The van der Waals surface area contributed by atoms with Crippen LogP contribution in [0.25, 0.3) is 0 Å². The molecule has 34 heavy (non-hydrogen) atoms. The van der Waals surface area contributed by atoms with Gasteiger partial charge in [-0.1, -0.05) is 6.07 Å². The molecule has 9 nitrogen and oxygen atoms in total. The number of carbonyl (C=O) groups excluding carboxylic acids is 2. The van der Waals surface area contributed by atoms with E-state index in [2.05, 4.69) is 15.4 Å². The van der Waals surface area contributed by atoms with Crippen LogP contribution in [-0.2, 0) is 16.0 Å². The Hall–Kier alpha value is -3.99. The number of ether oxygens (including phenoxy) is 2. The number of hydrogen-bond acceptors (Lipinski definition) is 8. The molecule has 1 aromatic heterocycles. The Morgan fingerprint density at radius 3 is 2.74 bits per heavy atom. The molecule has 11 heteroatoms. The van der Waals surface area contributed by atoms with E-state index in [1.807, 2.05) is 25.1 Å². The molecular weight excluding hydrogens is 461 g/mol. The largest absolute Gasteiger partial charge is 0.454 e. The standard InChI is InChI=1S/C23H20FN5O4S/c1-12-20(9-13-2-7-18-19(8-13)33-11-32-18)34-23(26-12)27-22(31)16-10-17(21(25)30)29(28-16)15-5-3-14(24)4-6-15/h2-8,17H,9-11H2,1H3,(H2,25,30)(H,26,27,31)/t17-/m0/s1. The minimum atomic E-state index is -0.842. The molecule has 2 aliphatic heterocycles. The molecule has 5 rings (SSSR count). The Kier molecular flexibility index (Phi) is 5.62. The first-order valence-electron chi connectivity index (χ1n) is 10.4. The van der Waals surface area contributed by atoms with E-state index in [-0.39, 0.29) is 18.9 Å². The number of carbonyl (C=O) groups is 2. The molecule has 3 aromatic rings. The predicted octanol–water partition coefficient (Wildman–Crippen LogP) is 2.97. The van der Waals surface area contributed by atoms with Crippen LogP contribution in [0.5, 0.6) is 11.5 Å². The van der Waals surface area contributed by atoms with E-state index in [9.17, 15) is 14.0 Å². The molecule has 174 valence electrons. The molecule has 0 radical (unpaired) electrons. The van der Waals surface area contributed by atoms with Crippen LogP contribution in [0.15, 0.2) is 47.6 Å². The Morgan fingerprint density at radius 2 is 1.97 bits per heavy atom. The first-order valence-corrected chi connectivity index (χ1v) is 11.3. The number of amides is 2. The monoisotopic (exact) mass is 481 g/mol. The number of nitrogens with zero attached hydrogens (tertiary/aromatic N) is 3. The van der Waals surface area contributed by atoms with Crippen molar-refractivity contribution in [3.8, 4) is 11.5 Å². The van der Waals surface area contributed by atoms with E-state index in [0.717, 1.165) is 21.9 Å². The number of hydrogen-bond donors (Lipinski definition) is 2. The number of halogens is 1. The lowest BCUT2D eigenvalue weighted by Gasteiger charge is -2.20. The highest BCUT2D eigenvalue weighted by Gasteiger charge is 2.35. The van der Waals surface area contributed by atoms with Crippen molar-refractivity contribution in [1.29, 1.82) is 0 Å². The molecule has 0 unspecified atom stereocenters. The van der Waals surface area contributed by atoms with Crippen molar-refractivity contribution in [2.75, 3.05) is 17.1 Å². The van der Waals surface area contributed by atoms with Crippen LogP contribution in [-0.4, -0.2) is 35.3 Å². The number of aryl methyl sites for hydroxylation is 1. The maximum absolute atomic E-state index is 13.3. The van der Waals surface area contributed by atoms with Crippen LogP contribution in [0.2, 0.25) is 0 Å². The van der Waals surface area contributed by atoms with Crippen molar-refractivity contribution in [1.82, 2.24) is 4.98 Å². The second kappa shape index (κ2) is 8.75. The Labute approximate surface area is 198 Å². The van der Waals surface area contributed by atoms with Gasteiger partial charge in [0.15, 0.2) is 16.6 Å². The molecule has 0 fully saturated rings. The topological polar surface area (TPSA) is 119 Å². The Balaban J connectivity index is 1.31. The van der Waals surface area contributed by atoms with E-state index in [1.54, 1.807) is 0 Å². The molecule has 0 aliphatic carbocycles. The second-order valence-corrected chi connectivity index (χ2v) is 8.92. The average Bonchev–Trinajstić information content (AvgIpc) is 3.53. The summed E-state index contributed by atoms with van der Waals surface area (Å²) in [5.41, 5.74) is 7.95. The van der Waals surface area contributed by atoms with E-state index in [4.69, 9.17) is 15.2 Å². The second-order valence-electron chi connectivity index (χ2n) is 7.84. The zero-order chi connectivity index (χ0) is 23.8. The van der Waals surface area contributed by atoms with E-state index in [0.29, 0.717) is 23.0 Å². The average molecular weight is 482 g/mol. The first-order chi connectivity index (χ1) is 16.4. The van der Waals surface area contributed by atoms with Gasteiger partial charge in [-0.2, -0.15) is 5.10 Å². The molecule has 2 aromatic carbocycles. The maximum Gasteiger partial charge on any atom is 0.273 e. The Morgan fingerprint density at radius 1 is 1.21 bits per heavy atom. The fraction of sp³-hybridized carbons (Fsp3) is 0.217. The van der Waals surface area contributed by atoms with Gasteiger partial charge in [-0.05, 0) is 48.9 Å². The molecule has 1 atom stereocenters. The van der Waals surface area contributed by atoms with Gasteiger partial charge in [-0.3, -0.25) is 19.9 Å². The van der Waals surface area contributed by atoms with Crippen molar-refractivity contribution in [3.63, 3.8) is 0 Å². The zero-order valence-electron chi connectivity index (χ0n) is 18.1. The molecule has 0 saturated heterocycles. The highest BCUT2D eigenvalue weighted by Crippen LogP contribution is 2.34. The van der Waals surface area contributed by atoms with Gasteiger partial charge in [0.1, 0.15) is 17.6 Å². The third-order valence-electron chi connectivity index (χ3n) is 5.51. The minimum Gasteiger partial charge on any atom is -0.454 e. The molecule has 2 aliphatic rings. The van der Waals surface area contributed by atoms with Crippen LogP contribution >= 0.6 is 11.3 Å². The summed E-state index contributed by atoms with van der Waals surface area (Å²) >= 11 is 1.36. The van der Waals surface area contributed by atoms with Crippen LogP contribution in [0.4, 0.5) is 15.2 Å². The lowest BCUT2D eigenvalue weighted by atomic mass is 10.1. The van der Waals surface area contributed by atoms with Gasteiger partial charge in [-0.25, -0.2) is 9.37 Å². The highest BCUT2D eigenvalue weighted by molar-refractivity contribution is 7.16. The fourth-order valence-corrected chi connectivity index (χ4v) is 4.74. The summed E-state index contributed by atoms with van der Waals surface area (Å²) < 4.78 is 24.1. The Bertz CT molecular complexity index is 1310. The van der Waals surface area contributed by atoms with Gasteiger partial charge in [0.2, 0.25) is 12.7 Å². The van der Waals surface area contributed by atoms with Gasteiger partial charge < -0.3 is 15.2 Å². The summed E-state index contributed by atoms with van der Waals surface area (Å²) in [5.74, 6) is -0.0939. The minimum absolute atomic E-state index is 0.0347. The fourth-order valence-electron chi connectivity index (χ4n) is 3.75. The molecule has 3 N–H and O–H groups in total. The lowest BCUT2D eigenvalue weighted by Crippen LogP contribution is -2.39. The summed E-state index contributed by atoms with van der Waals surface area (Å²) in [6, 6.07) is 10.4. The van der Waals surface area contributed by atoms with Crippen LogP contribution in [0.1, 0.15) is 22.6 Å². The number of nitrogens with one attached hydrogen (secondary N) is 1. The van der Waals surface area contributed by atoms with Crippen molar-refractivity contribution in [2.45, 2.75) is 25.8 Å². The van der Waals surface area contributed by atoms with Crippen molar-refractivity contribution in [2.24, 2.45) is 10.8 Å². The van der Waals surface area contributed by atoms with Crippen LogP contribution < -0.4 is 25.5 Å². The van der Waals surface area contributed by atoms with E-state index >= 15 is 0 Å². The highest BCUT2D eigenvalue weighted by atomic mass is 32.1. The molecule has 0 saturated carbocycles. The lowest BCUT2D eigenvalue weighted by molar-refractivity contribution is -0.119. The van der Waals surface area contributed by atoms with Crippen molar-refractivity contribution >= 4 is 39.7 Å². The molecule has 2 amide bonds. The van der Waals surface area contributed by atoms with Gasteiger partial charge in [0.25, 0.3) is 5.91 Å². The normalized spacial score (nSPS) is 16.5. The number of anilines is 2. The zero-order valence-corrected chi connectivity index (χ0v) is 18.9. The number of nitrogens with two attached hydrogens (primary N) is 1. The number of benzene rings is 2. The number of rotatable bonds is 6. The smallest absolute Gasteiger partial charge is 0.273 e. The third-order valence-corrected chi connectivity index (χ3v) is 6.58. The summed E-state index contributed by atoms with van der Waals surface area (Å²) in [5, 5.41) is 8.82. The number of aromatic nitrogens is 1. The number of primary amides is 1. The maximum atomic E-state index is 13.3. The molecule has 0 bridgehead atoms. The van der Waals surface area contributed by atoms with Gasteiger partial charge in [0, 0.05) is 17.7 Å². The quantitative estimate of drug-likeness (QED) is 0.559. The SMILES string of the molecule is Cc1nc(NC(=O)C2=NN(c3ccc(F)cc3)[C@H](C(N)=O)C2)sc1Cc1ccc2c(c1)OCO2. The van der Waals surface area contributed by atoms with Crippen molar-refractivity contribution < 1.29 is 23.5 Å². The van der Waals surface area contributed by atoms with E-state index < -0.39 is 23.7 Å². The molecule has 3 heterocycles. The summed E-state index contributed by atoms with van der Waals surface area (Å²) in [6.45, 7) is 2.09. The van der Waals surface area contributed by atoms with Crippen molar-refractivity contribution in [3.05, 3.63) is 64.4 Å². The predicted molar refractivity (Wildman–Crippen MR) is 125 cm³/mol. The number of fused-ring (bicyclic) bond motifs is 1. The van der Waals surface area contributed by atoms with Crippen LogP contribution in [0.3, 0.4) is 0 Å². The summed E-state index contributed by atoms with van der Waals surface area (Å²) in [6.07, 6.45) is 0.659. The number of hydrazone groups is 1. The summed E-state index contributed by atoms with van der Waals surface area (Å²) in [7, 11) is 0. The molecular formula is C23H20FN5O4S. The van der Waals surface area contributed by atoms with Crippen LogP contribution in [0, 0.1) is 12.7 Å². The van der Waals surface area contributed by atoms with Gasteiger partial charge in [-0.15, -0.1) is 11.3 Å². The van der Waals surface area contributed by atoms with Gasteiger partial charge >= 0.3 is 0 Å². The van der Waals surface area contributed by atoms with E-state index in [1.165, 1.54) is 40.6 Å². The molecule has 0 spiro atoms.